The minimum Gasteiger partial charge on any atom is -0.481 e. The van der Waals surface area contributed by atoms with E-state index in [9.17, 15) is 29.1 Å². The zero-order valence-corrected chi connectivity index (χ0v) is 17.8. The van der Waals surface area contributed by atoms with Gasteiger partial charge in [-0.25, -0.2) is 4.79 Å². The molecule has 0 spiro atoms. The largest absolute Gasteiger partial charge is 0.481 e. The number of unbranched alkanes of at least 4 members (excludes halogenated alkanes) is 1. The second-order valence-corrected chi connectivity index (χ2v) is 7.19. The number of hydrogen-bond donors (Lipinski definition) is 9. The van der Waals surface area contributed by atoms with Crippen molar-refractivity contribution < 1.29 is 44.4 Å². The predicted octanol–water partition coefficient (Wildman–Crippen LogP) is -3.78. The second kappa shape index (κ2) is 15.1. The van der Waals surface area contributed by atoms with E-state index in [1.165, 1.54) is 6.92 Å². The number of carboxylic acids is 2. The topological polar surface area (TPSA) is 254 Å². The summed E-state index contributed by atoms with van der Waals surface area (Å²) in [7, 11) is 0. The summed E-state index contributed by atoms with van der Waals surface area (Å²) in [4.78, 5) is 59.1. The molecule has 0 aromatic carbocycles. The van der Waals surface area contributed by atoms with Gasteiger partial charge in [0.05, 0.1) is 18.8 Å². The highest BCUT2D eigenvalue weighted by atomic mass is 16.4. The van der Waals surface area contributed by atoms with Gasteiger partial charge in [0.25, 0.3) is 0 Å². The molecule has 0 aliphatic carbocycles. The van der Waals surface area contributed by atoms with Gasteiger partial charge in [0.1, 0.15) is 18.1 Å². The van der Waals surface area contributed by atoms with Crippen LogP contribution in [0, 0.1) is 0 Å². The van der Waals surface area contributed by atoms with E-state index in [1.807, 2.05) is 5.32 Å². The fraction of sp³-hybridized carbons (Fsp3) is 0.722. The van der Waals surface area contributed by atoms with Gasteiger partial charge in [-0.3, -0.25) is 19.2 Å². The van der Waals surface area contributed by atoms with Crippen molar-refractivity contribution in [3.8, 4) is 0 Å². The van der Waals surface area contributed by atoms with Crippen LogP contribution in [-0.4, -0.2) is 93.5 Å². The number of aliphatic hydroxyl groups is 2. The average Bonchev–Trinajstić information content (AvgIpc) is 2.71. The van der Waals surface area contributed by atoms with E-state index in [0.717, 1.165) is 0 Å². The van der Waals surface area contributed by atoms with Crippen LogP contribution in [0.4, 0.5) is 0 Å². The van der Waals surface area contributed by atoms with Gasteiger partial charge >= 0.3 is 11.9 Å². The summed E-state index contributed by atoms with van der Waals surface area (Å²) in [6, 6.07) is -5.67. The summed E-state index contributed by atoms with van der Waals surface area (Å²) in [5.41, 5.74) is 11.1. The molecular formula is C18H33N5O9. The molecule has 0 bridgehead atoms. The molecule has 0 aliphatic heterocycles. The van der Waals surface area contributed by atoms with Crippen molar-refractivity contribution in [1.82, 2.24) is 16.0 Å². The van der Waals surface area contributed by atoms with E-state index in [-0.39, 0.29) is 0 Å². The lowest BCUT2D eigenvalue weighted by atomic mass is 10.1. The molecule has 0 heterocycles. The maximum atomic E-state index is 12.6. The van der Waals surface area contributed by atoms with Crippen molar-refractivity contribution in [2.45, 2.75) is 69.3 Å². The molecule has 3 amide bonds. The minimum absolute atomic E-state index is 0.290. The van der Waals surface area contributed by atoms with Crippen molar-refractivity contribution >= 4 is 29.7 Å². The van der Waals surface area contributed by atoms with Crippen molar-refractivity contribution in [3.63, 3.8) is 0 Å². The highest BCUT2D eigenvalue weighted by Crippen LogP contribution is 2.04. The summed E-state index contributed by atoms with van der Waals surface area (Å²) < 4.78 is 0. The normalized spacial score (nSPS) is 15.5. The van der Waals surface area contributed by atoms with Crippen LogP contribution in [0.15, 0.2) is 0 Å². The Labute approximate surface area is 184 Å². The van der Waals surface area contributed by atoms with Crippen molar-refractivity contribution in [2.75, 3.05) is 13.2 Å². The smallest absolute Gasteiger partial charge is 0.328 e. The third-order valence-corrected chi connectivity index (χ3v) is 4.45. The van der Waals surface area contributed by atoms with Crippen LogP contribution in [0.25, 0.3) is 0 Å². The fourth-order valence-electron chi connectivity index (χ4n) is 2.56. The number of carboxylic acid groups (broad SMARTS) is 2. The zero-order chi connectivity index (χ0) is 24.8. The van der Waals surface area contributed by atoms with Gasteiger partial charge in [0.15, 0.2) is 0 Å². The molecule has 0 rings (SSSR count). The Hall–Kier alpha value is -2.81. The molecule has 0 saturated heterocycles. The van der Waals surface area contributed by atoms with Crippen LogP contribution in [0.1, 0.15) is 39.0 Å². The third kappa shape index (κ3) is 11.0. The summed E-state index contributed by atoms with van der Waals surface area (Å²) in [6.07, 6.45) is -0.853. The number of nitrogens with one attached hydrogen (secondary N) is 3. The lowest BCUT2D eigenvalue weighted by molar-refractivity contribution is -0.144. The van der Waals surface area contributed by atoms with E-state index >= 15 is 0 Å². The molecule has 0 aliphatic rings. The number of nitrogens with two attached hydrogens (primary N) is 2. The number of aliphatic carboxylic acids is 2. The average molecular weight is 463 g/mol. The van der Waals surface area contributed by atoms with Gasteiger partial charge in [-0.2, -0.15) is 0 Å². The van der Waals surface area contributed by atoms with E-state index < -0.39 is 79.4 Å². The zero-order valence-electron chi connectivity index (χ0n) is 17.8. The van der Waals surface area contributed by atoms with Crippen LogP contribution >= 0.6 is 0 Å². The summed E-state index contributed by atoms with van der Waals surface area (Å²) in [6.45, 7) is 0.698. The summed E-state index contributed by atoms with van der Waals surface area (Å²) >= 11 is 0. The van der Waals surface area contributed by atoms with Crippen molar-refractivity contribution in [1.29, 1.82) is 0 Å². The Bertz CT molecular complexity index is 659. The molecule has 0 radical (unpaired) electrons. The Morgan fingerprint density at radius 3 is 1.94 bits per heavy atom. The van der Waals surface area contributed by atoms with E-state index in [1.54, 1.807) is 0 Å². The van der Waals surface area contributed by atoms with E-state index in [0.29, 0.717) is 25.8 Å². The van der Waals surface area contributed by atoms with Gasteiger partial charge in [-0.1, -0.05) is 6.42 Å². The van der Waals surface area contributed by atoms with Gasteiger partial charge in [-0.05, 0) is 32.7 Å². The Kier molecular flexibility index (Phi) is 13.7. The quantitative estimate of drug-likeness (QED) is 0.100. The monoisotopic (exact) mass is 463 g/mol. The first-order chi connectivity index (χ1) is 14.9. The Morgan fingerprint density at radius 1 is 0.875 bits per heavy atom. The molecule has 14 heteroatoms. The molecule has 0 saturated carbocycles. The minimum atomic E-state index is -1.68. The Morgan fingerprint density at radius 2 is 1.47 bits per heavy atom. The molecule has 14 nitrogen and oxygen atoms in total. The van der Waals surface area contributed by atoms with E-state index in [2.05, 4.69) is 10.6 Å². The van der Waals surface area contributed by atoms with Crippen LogP contribution in [-0.2, 0) is 24.0 Å². The lowest BCUT2D eigenvalue weighted by Crippen LogP contribution is -2.60. The van der Waals surface area contributed by atoms with Gasteiger partial charge < -0.3 is 47.8 Å². The van der Waals surface area contributed by atoms with Crippen LogP contribution in [0.2, 0.25) is 0 Å². The summed E-state index contributed by atoms with van der Waals surface area (Å²) in [5, 5.41) is 43.2. The lowest BCUT2D eigenvalue weighted by Gasteiger charge is -2.26. The number of hydrogen-bond acceptors (Lipinski definition) is 9. The third-order valence-electron chi connectivity index (χ3n) is 4.45. The number of rotatable bonds is 16. The molecule has 0 fully saturated rings. The molecule has 11 N–H and O–H groups in total. The van der Waals surface area contributed by atoms with Gasteiger partial charge in [-0.15, -0.1) is 0 Å². The summed E-state index contributed by atoms with van der Waals surface area (Å²) in [5.74, 6) is -5.61. The second-order valence-electron chi connectivity index (χ2n) is 7.19. The molecule has 0 aromatic heterocycles. The maximum Gasteiger partial charge on any atom is 0.328 e. The van der Waals surface area contributed by atoms with E-state index in [4.69, 9.17) is 26.8 Å². The molecule has 5 unspecified atom stereocenters. The first-order valence-corrected chi connectivity index (χ1v) is 10.0. The molecule has 32 heavy (non-hydrogen) atoms. The highest BCUT2D eigenvalue weighted by molar-refractivity contribution is 5.94. The van der Waals surface area contributed by atoms with Crippen molar-refractivity contribution in [2.24, 2.45) is 11.5 Å². The first-order valence-electron chi connectivity index (χ1n) is 10.0. The predicted molar refractivity (Wildman–Crippen MR) is 110 cm³/mol. The molecular weight excluding hydrogens is 430 g/mol. The number of carbonyl (C=O) groups excluding carboxylic acids is 3. The standard InChI is InChI=1S/C18H33N5O9/c1-9(25)14(23-15(28)10(20)4-2-3-7-19)17(30)21-11(5-6-13(26)27)16(29)22-12(8-24)18(31)32/h9-12,14,24-25H,2-8,19-20H2,1H3,(H,21,30)(H,22,29)(H,23,28)(H,26,27)(H,31,32). The molecule has 5 atom stereocenters. The van der Waals surface area contributed by atoms with Crippen LogP contribution < -0.4 is 27.4 Å². The van der Waals surface area contributed by atoms with Gasteiger partial charge in [0, 0.05) is 6.42 Å². The number of amides is 3. The van der Waals surface area contributed by atoms with Crippen molar-refractivity contribution in [3.05, 3.63) is 0 Å². The molecule has 184 valence electrons. The maximum absolute atomic E-state index is 12.6. The Balaban J connectivity index is 5.31. The molecule has 0 aromatic rings. The van der Waals surface area contributed by atoms with Crippen LogP contribution in [0.3, 0.4) is 0 Å². The number of aliphatic hydroxyl groups excluding tert-OH is 2. The van der Waals surface area contributed by atoms with Crippen LogP contribution in [0.5, 0.6) is 0 Å². The fourth-order valence-corrected chi connectivity index (χ4v) is 2.56. The highest BCUT2D eigenvalue weighted by Gasteiger charge is 2.32. The SMILES string of the molecule is CC(O)C(NC(=O)C(N)CCCCN)C(=O)NC(CCC(=O)O)C(=O)NC(CO)C(=O)O. The first kappa shape index (κ1) is 29.2. The van der Waals surface area contributed by atoms with Gasteiger partial charge in [0.2, 0.25) is 17.7 Å². The number of carbonyl (C=O) groups is 5.